The van der Waals surface area contributed by atoms with Crippen molar-refractivity contribution in [1.29, 1.82) is 0 Å². The zero-order chi connectivity index (χ0) is 22.7. The molecular formula is C25H36O6. The van der Waals surface area contributed by atoms with Gasteiger partial charge in [0.05, 0.1) is 0 Å². The van der Waals surface area contributed by atoms with E-state index in [1.54, 1.807) is 6.08 Å². The average Bonchev–Trinajstić information content (AvgIpc) is 2.74. The van der Waals surface area contributed by atoms with E-state index < -0.39 is 12.3 Å². The lowest BCUT2D eigenvalue weighted by molar-refractivity contribution is 0.0862. The molecule has 0 unspecified atom stereocenters. The highest BCUT2D eigenvalue weighted by atomic mass is 16.7. The smallest absolute Gasteiger partial charge is 0.450 e. The van der Waals surface area contributed by atoms with E-state index in [0.717, 1.165) is 17.5 Å². The average molecular weight is 433 g/mol. The van der Waals surface area contributed by atoms with Crippen LogP contribution in [0.15, 0.2) is 35.9 Å². The van der Waals surface area contributed by atoms with Gasteiger partial charge in [0.15, 0.2) is 0 Å². The Bertz CT molecular complexity index is 688. The second kappa shape index (κ2) is 17.0. The van der Waals surface area contributed by atoms with Crippen LogP contribution in [-0.4, -0.2) is 35.7 Å². The summed E-state index contributed by atoms with van der Waals surface area (Å²) >= 11 is 0. The first-order valence-electron chi connectivity index (χ1n) is 11.2. The SMILES string of the molecule is CCCCCCCCCCC/C=C\c1cccc(C=C(COC(=O)O)COC(=O)O)c1. The standard InChI is InChI=1S/C25H36O6/c1-2-3-4-5-6-7-8-9-10-11-12-14-21-15-13-16-22(17-21)18-23(19-30-24(26)27)20-31-25(28)29/h12-18H,2-11,19-20H2,1H3,(H,26,27)(H,28,29)/b14-12-. The predicted octanol–water partition coefficient (Wildman–Crippen LogP) is 7.39. The van der Waals surface area contributed by atoms with Crippen molar-refractivity contribution in [1.82, 2.24) is 0 Å². The van der Waals surface area contributed by atoms with Crippen LogP contribution in [0.25, 0.3) is 12.2 Å². The maximum Gasteiger partial charge on any atom is 0.506 e. The highest BCUT2D eigenvalue weighted by Gasteiger charge is 2.06. The molecule has 0 heterocycles. The third-order valence-electron chi connectivity index (χ3n) is 4.83. The third kappa shape index (κ3) is 14.8. The summed E-state index contributed by atoms with van der Waals surface area (Å²) in [6.07, 6.45) is 16.0. The first-order valence-corrected chi connectivity index (χ1v) is 11.2. The summed E-state index contributed by atoms with van der Waals surface area (Å²) in [6.45, 7) is 1.75. The molecule has 0 aliphatic heterocycles. The molecule has 0 aromatic heterocycles. The van der Waals surface area contributed by atoms with E-state index in [0.29, 0.717) is 5.57 Å². The minimum absolute atomic E-state index is 0.249. The maximum absolute atomic E-state index is 10.6. The lowest BCUT2D eigenvalue weighted by Gasteiger charge is -2.07. The molecule has 0 atom stereocenters. The van der Waals surface area contributed by atoms with E-state index in [1.165, 1.54) is 57.8 Å². The molecule has 1 rings (SSSR count). The van der Waals surface area contributed by atoms with Crippen LogP contribution in [-0.2, 0) is 9.47 Å². The van der Waals surface area contributed by atoms with E-state index in [2.05, 4.69) is 28.5 Å². The fourth-order valence-corrected chi connectivity index (χ4v) is 3.21. The van der Waals surface area contributed by atoms with Gasteiger partial charge in [-0.3, -0.25) is 0 Å². The number of carboxylic acid groups (broad SMARTS) is 2. The van der Waals surface area contributed by atoms with Gasteiger partial charge in [-0.05, 0) is 36.1 Å². The van der Waals surface area contributed by atoms with E-state index >= 15 is 0 Å². The topological polar surface area (TPSA) is 93.1 Å². The fraction of sp³-hybridized carbons (Fsp3) is 0.520. The number of ether oxygens (including phenoxy) is 2. The van der Waals surface area contributed by atoms with Crippen LogP contribution < -0.4 is 0 Å². The number of rotatable bonds is 16. The van der Waals surface area contributed by atoms with Crippen molar-refractivity contribution in [3.05, 3.63) is 47.0 Å². The largest absolute Gasteiger partial charge is 0.506 e. The molecule has 0 fully saturated rings. The highest BCUT2D eigenvalue weighted by Crippen LogP contribution is 2.14. The molecule has 1 aromatic rings. The second-order valence-electron chi connectivity index (χ2n) is 7.60. The van der Waals surface area contributed by atoms with Crippen molar-refractivity contribution in [2.75, 3.05) is 13.2 Å². The van der Waals surface area contributed by atoms with Crippen molar-refractivity contribution >= 4 is 24.5 Å². The summed E-state index contributed by atoms with van der Waals surface area (Å²) in [5.74, 6) is 0. The van der Waals surface area contributed by atoms with Crippen molar-refractivity contribution < 1.29 is 29.3 Å². The summed E-state index contributed by atoms with van der Waals surface area (Å²) in [4.78, 5) is 21.2. The van der Waals surface area contributed by atoms with Gasteiger partial charge in [-0.1, -0.05) is 88.6 Å². The number of allylic oxidation sites excluding steroid dienone is 1. The van der Waals surface area contributed by atoms with Gasteiger partial charge >= 0.3 is 12.3 Å². The van der Waals surface area contributed by atoms with Crippen molar-refractivity contribution in [3.63, 3.8) is 0 Å². The molecule has 0 radical (unpaired) electrons. The van der Waals surface area contributed by atoms with Gasteiger partial charge in [0.1, 0.15) is 13.2 Å². The Kier molecular flexibility index (Phi) is 14.4. The Labute approximate surface area is 185 Å². The molecular weight excluding hydrogens is 396 g/mol. The molecule has 0 saturated heterocycles. The van der Waals surface area contributed by atoms with Crippen LogP contribution in [0.1, 0.15) is 82.3 Å². The summed E-state index contributed by atoms with van der Waals surface area (Å²) in [6, 6.07) is 7.71. The number of hydrogen-bond acceptors (Lipinski definition) is 4. The Balaban J connectivity index is 2.45. The van der Waals surface area contributed by atoms with Gasteiger partial charge in [-0.2, -0.15) is 0 Å². The molecule has 31 heavy (non-hydrogen) atoms. The predicted molar refractivity (Wildman–Crippen MR) is 123 cm³/mol. The van der Waals surface area contributed by atoms with Gasteiger partial charge in [0, 0.05) is 5.57 Å². The molecule has 1 aromatic carbocycles. The zero-order valence-corrected chi connectivity index (χ0v) is 18.6. The lowest BCUT2D eigenvalue weighted by atomic mass is 10.1. The van der Waals surface area contributed by atoms with Crippen LogP contribution >= 0.6 is 0 Å². The van der Waals surface area contributed by atoms with E-state index in [1.807, 2.05) is 24.3 Å². The van der Waals surface area contributed by atoms with Gasteiger partial charge in [0.2, 0.25) is 0 Å². The molecule has 172 valence electrons. The Morgan fingerprint density at radius 2 is 1.39 bits per heavy atom. The van der Waals surface area contributed by atoms with E-state index in [-0.39, 0.29) is 13.2 Å². The van der Waals surface area contributed by atoms with E-state index in [9.17, 15) is 9.59 Å². The Morgan fingerprint density at radius 1 is 0.839 bits per heavy atom. The molecule has 0 amide bonds. The molecule has 0 aliphatic carbocycles. The van der Waals surface area contributed by atoms with Gasteiger partial charge in [0.25, 0.3) is 0 Å². The maximum atomic E-state index is 10.6. The Morgan fingerprint density at radius 3 is 1.97 bits per heavy atom. The zero-order valence-electron chi connectivity index (χ0n) is 18.6. The molecule has 0 bridgehead atoms. The minimum atomic E-state index is -1.42. The summed E-state index contributed by atoms with van der Waals surface area (Å²) in [7, 11) is 0. The lowest BCUT2D eigenvalue weighted by Crippen LogP contribution is -2.11. The molecule has 2 N–H and O–H groups in total. The quantitative estimate of drug-likeness (QED) is 0.209. The van der Waals surface area contributed by atoms with Crippen molar-refractivity contribution in [3.8, 4) is 0 Å². The summed E-state index contributed by atoms with van der Waals surface area (Å²) in [5, 5.41) is 17.3. The molecule has 0 saturated carbocycles. The normalized spacial score (nSPS) is 10.7. The van der Waals surface area contributed by atoms with Crippen molar-refractivity contribution in [2.24, 2.45) is 0 Å². The van der Waals surface area contributed by atoms with Gasteiger partial charge in [-0.15, -0.1) is 0 Å². The van der Waals surface area contributed by atoms with Crippen LogP contribution in [0, 0.1) is 0 Å². The van der Waals surface area contributed by atoms with Crippen LogP contribution in [0.5, 0.6) is 0 Å². The monoisotopic (exact) mass is 432 g/mol. The molecule has 0 aliphatic rings. The highest BCUT2D eigenvalue weighted by molar-refractivity contribution is 5.62. The number of hydrogen-bond donors (Lipinski definition) is 2. The van der Waals surface area contributed by atoms with Crippen LogP contribution in [0.4, 0.5) is 9.59 Å². The molecule has 6 nitrogen and oxygen atoms in total. The number of unbranched alkanes of at least 4 members (excludes halogenated alkanes) is 9. The summed E-state index contributed by atoms with van der Waals surface area (Å²) in [5.41, 5.74) is 2.27. The fourth-order valence-electron chi connectivity index (χ4n) is 3.21. The van der Waals surface area contributed by atoms with Crippen LogP contribution in [0.2, 0.25) is 0 Å². The third-order valence-corrected chi connectivity index (χ3v) is 4.83. The first-order chi connectivity index (χ1) is 15.0. The summed E-state index contributed by atoms with van der Waals surface area (Å²) < 4.78 is 9.09. The first kappa shape index (κ1) is 26.3. The van der Waals surface area contributed by atoms with Gasteiger partial charge < -0.3 is 19.7 Å². The van der Waals surface area contributed by atoms with Gasteiger partial charge in [-0.25, -0.2) is 9.59 Å². The van der Waals surface area contributed by atoms with E-state index in [4.69, 9.17) is 10.2 Å². The number of carbonyl (C=O) groups is 2. The minimum Gasteiger partial charge on any atom is -0.450 e. The Hall–Kier alpha value is -2.76. The molecule has 6 heteroatoms. The van der Waals surface area contributed by atoms with Crippen molar-refractivity contribution in [2.45, 2.75) is 71.1 Å². The number of benzene rings is 1. The van der Waals surface area contributed by atoms with Crippen LogP contribution in [0.3, 0.4) is 0 Å². The second-order valence-corrected chi connectivity index (χ2v) is 7.60. The molecule has 0 spiro atoms.